The molecule has 0 aliphatic carbocycles. The number of nitrogens with zero attached hydrogens (tertiary/aromatic N) is 2. The van der Waals surface area contributed by atoms with Gasteiger partial charge in [0.1, 0.15) is 0 Å². The Kier molecular flexibility index (Phi) is 3.58. The Balaban J connectivity index is 2.70. The first-order chi connectivity index (χ1) is 9.71. The van der Waals surface area contributed by atoms with Crippen LogP contribution in [-0.2, 0) is 6.18 Å². The van der Waals surface area contributed by atoms with Gasteiger partial charge in [-0.25, -0.2) is 13.8 Å². The van der Waals surface area contributed by atoms with Crippen LogP contribution < -0.4 is 0 Å². The van der Waals surface area contributed by atoms with Crippen LogP contribution in [-0.4, -0.2) is 9.91 Å². The molecule has 0 spiro atoms. The number of benzene rings is 1. The minimum Gasteiger partial charge on any atom is -0.258 e. The quantitative estimate of drug-likeness (QED) is 0.479. The fourth-order valence-corrected chi connectivity index (χ4v) is 1.64. The maximum absolute atomic E-state index is 13.6. The molecule has 1 aromatic heterocycles. The van der Waals surface area contributed by atoms with Gasteiger partial charge in [0.05, 0.1) is 10.5 Å². The largest absolute Gasteiger partial charge is 0.418 e. The number of halogens is 5. The number of nitro groups is 1. The number of rotatable bonds is 2. The van der Waals surface area contributed by atoms with Gasteiger partial charge in [-0.05, 0) is 12.1 Å². The molecule has 0 amide bonds. The minimum absolute atomic E-state index is 0.229. The van der Waals surface area contributed by atoms with E-state index in [4.69, 9.17) is 0 Å². The van der Waals surface area contributed by atoms with Crippen LogP contribution in [0.1, 0.15) is 5.56 Å². The molecule has 21 heavy (non-hydrogen) atoms. The molecule has 4 nitrogen and oxygen atoms in total. The van der Waals surface area contributed by atoms with Crippen molar-refractivity contribution in [2.75, 3.05) is 0 Å². The molecule has 0 radical (unpaired) electrons. The second-order valence-electron chi connectivity index (χ2n) is 3.95. The summed E-state index contributed by atoms with van der Waals surface area (Å²) in [5, 5.41) is 10.9. The van der Waals surface area contributed by atoms with E-state index >= 15 is 0 Å². The summed E-state index contributed by atoms with van der Waals surface area (Å²) in [4.78, 5) is 13.0. The van der Waals surface area contributed by atoms with E-state index in [1.165, 1.54) is 0 Å². The van der Waals surface area contributed by atoms with Crippen molar-refractivity contribution in [1.82, 2.24) is 4.98 Å². The molecule has 110 valence electrons. The summed E-state index contributed by atoms with van der Waals surface area (Å²) in [5.74, 6) is -2.71. The first kappa shape index (κ1) is 14.8. The lowest BCUT2D eigenvalue weighted by molar-refractivity contribution is -0.384. The van der Waals surface area contributed by atoms with Crippen molar-refractivity contribution < 1.29 is 26.9 Å². The van der Waals surface area contributed by atoms with Crippen molar-refractivity contribution in [2.24, 2.45) is 0 Å². The summed E-state index contributed by atoms with van der Waals surface area (Å²) in [5.41, 5.74) is -3.68. The first-order valence-corrected chi connectivity index (χ1v) is 5.38. The zero-order chi connectivity index (χ0) is 15.8. The number of aromatic nitrogens is 1. The van der Waals surface area contributed by atoms with Gasteiger partial charge in [-0.2, -0.15) is 13.2 Å². The van der Waals surface area contributed by atoms with E-state index in [2.05, 4.69) is 4.98 Å². The zero-order valence-electron chi connectivity index (χ0n) is 9.99. The molecule has 1 heterocycles. The molecule has 9 heteroatoms. The van der Waals surface area contributed by atoms with Crippen molar-refractivity contribution >= 4 is 5.69 Å². The van der Waals surface area contributed by atoms with Crippen LogP contribution in [0, 0.1) is 21.7 Å². The maximum Gasteiger partial charge on any atom is 0.418 e. The molecular formula is C12H5F5N2O2. The molecule has 0 bridgehead atoms. The molecule has 0 aliphatic heterocycles. The summed E-state index contributed by atoms with van der Waals surface area (Å²) in [7, 11) is 0. The fraction of sp³-hybridized carbons (Fsp3) is 0.0833. The molecular weight excluding hydrogens is 299 g/mol. The Labute approximate surface area is 114 Å². The minimum atomic E-state index is -4.84. The summed E-state index contributed by atoms with van der Waals surface area (Å²) >= 11 is 0. The molecule has 0 aliphatic rings. The standard InChI is InChI=1S/C12H5F5N2O2/c13-8-3-1-2-7(10(8)14)11-9(19(20)21)4-6(5-18-11)12(15,16)17/h1-5H. The molecule has 0 unspecified atom stereocenters. The van der Waals surface area contributed by atoms with E-state index in [9.17, 15) is 32.1 Å². The average molecular weight is 304 g/mol. The molecule has 0 fully saturated rings. The molecule has 0 saturated heterocycles. The highest BCUT2D eigenvalue weighted by Crippen LogP contribution is 2.36. The van der Waals surface area contributed by atoms with Gasteiger partial charge in [0.2, 0.25) is 0 Å². The molecule has 2 rings (SSSR count). The molecule has 0 saturated carbocycles. The normalized spacial score (nSPS) is 11.5. The summed E-state index contributed by atoms with van der Waals surface area (Å²) in [6.45, 7) is 0. The third kappa shape index (κ3) is 2.81. The van der Waals surface area contributed by atoms with E-state index in [-0.39, 0.29) is 6.07 Å². The Morgan fingerprint density at radius 2 is 1.86 bits per heavy atom. The highest BCUT2D eigenvalue weighted by molar-refractivity contribution is 5.70. The van der Waals surface area contributed by atoms with Crippen LogP contribution in [0.3, 0.4) is 0 Å². The highest BCUT2D eigenvalue weighted by atomic mass is 19.4. The van der Waals surface area contributed by atoms with E-state index in [0.717, 1.165) is 18.2 Å². The van der Waals surface area contributed by atoms with Gasteiger partial charge in [-0.1, -0.05) is 6.07 Å². The molecule has 0 atom stereocenters. The lowest BCUT2D eigenvalue weighted by Crippen LogP contribution is -2.08. The van der Waals surface area contributed by atoms with Crippen molar-refractivity contribution in [3.63, 3.8) is 0 Å². The van der Waals surface area contributed by atoms with E-state index in [1.54, 1.807) is 0 Å². The van der Waals surface area contributed by atoms with Crippen molar-refractivity contribution in [3.8, 4) is 11.3 Å². The highest BCUT2D eigenvalue weighted by Gasteiger charge is 2.34. The van der Waals surface area contributed by atoms with E-state index in [1.807, 2.05) is 0 Å². The Morgan fingerprint density at radius 1 is 1.19 bits per heavy atom. The number of hydrogen-bond acceptors (Lipinski definition) is 3. The number of hydrogen-bond donors (Lipinski definition) is 0. The SMILES string of the molecule is O=[N+]([O-])c1cc(C(F)(F)F)cnc1-c1cccc(F)c1F. The first-order valence-electron chi connectivity index (χ1n) is 5.38. The smallest absolute Gasteiger partial charge is 0.258 e. The summed E-state index contributed by atoms with van der Waals surface area (Å²) < 4.78 is 64.3. The fourth-order valence-electron chi connectivity index (χ4n) is 1.64. The van der Waals surface area contributed by atoms with Gasteiger partial charge in [-0.15, -0.1) is 0 Å². The third-order valence-electron chi connectivity index (χ3n) is 2.60. The monoisotopic (exact) mass is 304 g/mol. The number of pyridine rings is 1. The van der Waals surface area contributed by atoms with Crippen LogP contribution >= 0.6 is 0 Å². The Bertz CT molecular complexity index is 715. The van der Waals surface area contributed by atoms with Crippen molar-refractivity contribution in [1.29, 1.82) is 0 Å². The van der Waals surface area contributed by atoms with E-state index in [0.29, 0.717) is 6.20 Å². The van der Waals surface area contributed by atoms with Crippen molar-refractivity contribution in [3.05, 3.63) is 57.8 Å². The van der Waals surface area contributed by atoms with Gasteiger partial charge >= 0.3 is 6.18 Å². The van der Waals surface area contributed by atoms with Gasteiger partial charge in [0, 0.05) is 17.8 Å². The Hall–Kier alpha value is -2.58. The van der Waals surface area contributed by atoms with Gasteiger partial charge in [0.25, 0.3) is 5.69 Å². The predicted molar refractivity (Wildman–Crippen MR) is 61.2 cm³/mol. The maximum atomic E-state index is 13.6. The number of alkyl halides is 3. The second kappa shape index (κ2) is 5.08. The van der Waals surface area contributed by atoms with Gasteiger partial charge in [-0.3, -0.25) is 10.1 Å². The van der Waals surface area contributed by atoms with Crippen LogP contribution in [0.15, 0.2) is 30.5 Å². The topological polar surface area (TPSA) is 56.0 Å². The second-order valence-corrected chi connectivity index (χ2v) is 3.95. The van der Waals surface area contributed by atoms with Gasteiger partial charge < -0.3 is 0 Å². The lowest BCUT2D eigenvalue weighted by atomic mass is 10.1. The summed E-state index contributed by atoms with van der Waals surface area (Å²) in [6.07, 6.45) is -4.51. The van der Waals surface area contributed by atoms with Crippen LogP contribution in [0.4, 0.5) is 27.6 Å². The lowest BCUT2D eigenvalue weighted by Gasteiger charge is -2.08. The predicted octanol–water partition coefficient (Wildman–Crippen LogP) is 3.95. The van der Waals surface area contributed by atoms with E-state index < -0.39 is 45.2 Å². The van der Waals surface area contributed by atoms with Crippen molar-refractivity contribution in [2.45, 2.75) is 6.18 Å². The Morgan fingerprint density at radius 3 is 2.43 bits per heavy atom. The molecule has 2 aromatic rings. The van der Waals surface area contributed by atoms with Crippen LogP contribution in [0.25, 0.3) is 11.3 Å². The van der Waals surface area contributed by atoms with Crippen LogP contribution in [0.2, 0.25) is 0 Å². The molecule has 0 N–H and O–H groups in total. The third-order valence-corrected chi connectivity index (χ3v) is 2.60. The van der Waals surface area contributed by atoms with Gasteiger partial charge in [0.15, 0.2) is 17.3 Å². The van der Waals surface area contributed by atoms with Crippen LogP contribution in [0.5, 0.6) is 0 Å². The summed E-state index contributed by atoms with van der Waals surface area (Å²) in [6, 6.07) is 3.05. The zero-order valence-corrected chi connectivity index (χ0v) is 9.99. The average Bonchev–Trinajstić information content (AvgIpc) is 2.40. The molecule has 1 aromatic carbocycles.